The van der Waals surface area contributed by atoms with E-state index >= 15 is 0 Å². The summed E-state index contributed by atoms with van der Waals surface area (Å²) < 4.78 is 30.8. The summed E-state index contributed by atoms with van der Waals surface area (Å²) in [7, 11) is -3.69. The number of carbonyl (C=O) groups excluding carboxylic acids is 5. The van der Waals surface area contributed by atoms with Crippen molar-refractivity contribution in [1.29, 1.82) is 0 Å². The van der Waals surface area contributed by atoms with E-state index in [1.807, 2.05) is 13.8 Å². The number of rotatable bonds is 14. The normalized spacial score (nSPS) is 23.0. The van der Waals surface area contributed by atoms with Gasteiger partial charge in [-0.15, -0.1) is 6.58 Å². The molecule has 1 aromatic rings. The number of amides is 4. The summed E-state index contributed by atoms with van der Waals surface area (Å²) in [5.74, 6) is -3.47. The lowest BCUT2D eigenvalue weighted by molar-refractivity contribution is -0.145. The fraction of sp³-hybridized carbons (Fsp3) is 0.639. The van der Waals surface area contributed by atoms with Crippen LogP contribution in [0.1, 0.15) is 79.6 Å². The van der Waals surface area contributed by atoms with Crippen molar-refractivity contribution in [2.45, 2.75) is 108 Å². The van der Waals surface area contributed by atoms with Crippen LogP contribution in [0.4, 0.5) is 4.79 Å². The molecule has 0 radical (unpaired) electrons. The third-order valence-corrected chi connectivity index (χ3v) is 11.8. The Hall–Kier alpha value is -3.74. The molecule has 1 unspecified atom stereocenters. The molecule has 5 atom stereocenters. The zero-order valence-corrected chi connectivity index (χ0v) is 30.1. The lowest BCUT2D eigenvalue weighted by Gasteiger charge is -2.37. The van der Waals surface area contributed by atoms with Crippen LogP contribution in [0.5, 0.6) is 0 Å². The van der Waals surface area contributed by atoms with E-state index in [9.17, 15) is 32.4 Å². The van der Waals surface area contributed by atoms with Crippen molar-refractivity contribution in [2.24, 2.45) is 23.2 Å². The van der Waals surface area contributed by atoms with E-state index in [2.05, 4.69) is 22.5 Å². The van der Waals surface area contributed by atoms with Gasteiger partial charge in [-0.2, -0.15) is 0 Å². The summed E-state index contributed by atoms with van der Waals surface area (Å²) in [5, 5.41) is 7.97. The van der Waals surface area contributed by atoms with Crippen LogP contribution in [0.2, 0.25) is 0 Å². The van der Waals surface area contributed by atoms with Gasteiger partial charge in [0.2, 0.25) is 17.6 Å². The number of ether oxygens (including phenoxy) is 1. The smallest absolute Gasteiger partial charge is 0.408 e. The van der Waals surface area contributed by atoms with Crippen molar-refractivity contribution in [2.75, 3.05) is 18.8 Å². The number of nitrogens with zero attached hydrogens (tertiary/aromatic N) is 1. The Morgan fingerprint density at radius 1 is 1.04 bits per heavy atom. The number of piperidine rings is 1. The van der Waals surface area contributed by atoms with E-state index in [-0.39, 0.29) is 46.9 Å². The molecule has 1 aliphatic heterocycles. The highest BCUT2D eigenvalue weighted by Crippen LogP contribution is 2.65. The number of benzene rings is 1. The summed E-state index contributed by atoms with van der Waals surface area (Å²) in [4.78, 5) is 69.3. The van der Waals surface area contributed by atoms with Crippen molar-refractivity contribution in [3.63, 3.8) is 0 Å². The van der Waals surface area contributed by atoms with Crippen LogP contribution in [-0.4, -0.2) is 85.5 Å². The number of fused-ring (bicyclic) bond motifs is 1. The molecule has 3 fully saturated rings. The van der Waals surface area contributed by atoms with Crippen LogP contribution in [0, 0.1) is 23.2 Å². The van der Waals surface area contributed by atoms with E-state index < -0.39 is 63.0 Å². The van der Waals surface area contributed by atoms with E-state index in [4.69, 9.17) is 4.74 Å². The topological polar surface area (TPSA) is 168 Å². The third kappa shape index (κ3) is 9.29. The molecular formula is C36H52N4O8S. The molecule has 49 heavy (non-hydrogen) atoms. The number of hydrogen-bond acceptors (Lipinski definition) is 8. The first kappa shape index (κ1) is 38.1. The van der Waals surface area contributed by atoms with E-state index in [0.29, 0.717) is 13.0 Å². The maximum absolute atomic E-state index is 14.3. The summed E-state index contributed by atoms with van der Waals surface area (Å²) >= 11 is 0. The van der Waals surface area contributed by atoms with Crippen molar-refractivity contribution in [3.05, 3.63) is 43.0 Å². The van der Waals surface area contributed by atoms with Crippen molar-refractivity contribution < 1.29 is 37.1 Å². The first-order chi connectivity index (χ1) is 23.0. The Morgan fingerprint density at radius 2 is 1.69 bits per heavy atom. The fourth-order valence-electron chi connectivity index (χ4n) is 7.38. The molecule has 2 aliphatic carbocycles. The second-order valence-electron chi connectivity index (χ2n) is 15.1. The molecule has 0 bridgehead atoms. The van der Waals surface area contributed by atoms with Crippen LogP contribution >= 0.6 is 0 Å². The summed E-state index contributed by atoms with van der Waals surface area (Å²) in [6, 6.07) is 4.80. The Bertz CT molecular complexity index is 1510. The Balaban J connectivity index is 1.49. The average Bonchev–Trinajstić information content (AvgIpc) is 3.35. The van der Waals surface area contributed by atoms with Crippen molar-refractivity contribution in [1.82, 2.24) is 20.9 Å². The van der Waals surface area contributed by atoms with Crippen LogP contribution < -0.4 is 16.0 Å². The first-order valence-electron chi connectivity index (χ1n) is 17.3. The molecule has 4 amide bonds. The van der Waals surface area contributed by atoms with E-state index in [1.54, 1.807) is 45.0 Å². The van der Waals surface area contributed by atoms with Gasteiger partial charge in [0, 0.05) is 13.1 Å². The monoisotopic (exact) mass is 700 g/mol. The summed E-state index contributed by atoms with van der Waals surface area (Å²) in [6.45, 7) is 13.1. The lowest BCUT2D eigenvalue weighted by Crippen LogP contribution is -2.60. The second-order valence-corrected chi connectivity index (χ2v) is 17.2. The standard InChI is InChI=1S/C36H52N4O8S/c1-7-8-19-26(30(41)32(43)37-20-21-49(46,47)24-17-13-10-14-18-24)38-31(42)29-27-25(36(27,5)6)22-40(29)33(44)28(23-15-11-9-12-16-23)39-34(45)48-35(2,3)4/h7,10,13-14,17-18,23,25-29H,1,8-9,11-12,15-16,19-22H2,2-6H3,(H,37,43)(H,38,42)(H,39,45)/t25-,26?,27-,28-,29-/m0/s1. The minimum absolute atomic E-state index is 0.0536. The van der Waals surface area contributed by atoms with Crippen LogP contribution in [0.3, 0.4) is 0 Å². The van der Waals surface area contributed by atoms with Gasteiger partial charge in [0.15, 0.2) is 9.84 Å². The van der Waals surface area contributed by atoms with E-state index in [0.717, 1.165) is 32.1 Å². The maximum atomic E-state index is 14.3. The number of alkyl carbamates (subject to hydrolysis) is 1. The van der Waals surface area contributed by atoms with Crippen molar-refractivity contribution in [3.8, 4) is 0 Å². The molecule has 1 heterocycles. The van der Waals surface area contributed by atoms with Gasteiger partial charge in [-0.1, -0.05) is 57.4 Å². The molecular weight excluding hydrogens is 648 g/mol. The van der Waals surface area contributed by atoms with Gasteiger partial charge < -0.3 is 25.6 Å². The quantitative estimate of drug-likeness (QED) is 0.196. The average molecular weight is 701 g/mol. The fourth-order valence-corrected chi connectivity index (χ4v) is 8.55. The lowest BCUT2D eigenvalue weighted by atomic mass is 9.83. The number of carbonyl (C=O) groups is 5. The number of allylic oxidation sites excluding steroid dienone is 1. The number of likely N-dealkylation sites (tertiary alicyclic amines) is 1. The SMILES string of the molecule is C=CCCC(NC(=O)[C@@H]1[C@@H]2[C@H](CN1C(=O)[C@@H](NC(=O)OC(C)(C)C)C1CCCCC1)C2(C)C)C(=O)C(=O)NCCS(=O)(=O)c1ccccc1. The number of nitrogens with one attached hydrogen (secondary N) is 3. The predicted molar refractivity (Wildman–Crippen MR) is 184 cm³/mol. The van der Waals surface area contributed by atoms with E-state index in [1.165, 1.54) is 17.0 Å². The molecule has 4 rings (SSSR count). The summed E-state index contributed by atoms with van der Waals surface area (Å²) in [6.07, 6.45) is 5.71. The number of ketones is 1. The Morgan fingerprint density at radius 3 is 2.31 bits per heavy atom. The number of sulfone groups is 1. The van der Waals surface area contributed by atoms with Crippen LogP contribution in [0.25, 0.3) is 0 Å². The number of hydrogen-bond donors (Lipinski definition) is 3. The molecule has 13 heteroatoms. The van der Waals surface area contributed by atoms with Crippen LogP contribution in [0.15, 0.2) is 47.9 Å². The molecule has 3 aliphatic rings. The highest BCUT2D eigenvalue weighted by molar-refractivity contribution is 7.91. The highest BCUT2D eigenvalue weighted by atomic mass is 32.2. The Labute approximate surface area is 290 Å². The largest absolute Gasteiger partial charge is 0.444 e. The van der Waals surface area contributed by atoms with Gasteiger partial charge in [0.05, 0.1) is 16.7 Å². The van der Waals surface area contributed by atoms with Gasteiger partial charge >= 0.3 is 6.09 Å². The first-order valence-corrected chi connectivity index (χ1v) is 18.9. The molecule has 0 aromatic heterocycles. The molecule has 1 aromatic carbocycles. The molecule has 2 saturated carbocycles. The Kier molecular flexibility index (Phi) is 12.0. The molecule has 12 nitrogen and oxygen atoms in total. The molecule has 0 spiro atoms. The maximum Gasteiger partial charge on any atom is 0.408 e. The van der Waals surface area contributed by atoms with Crippen molar-refractivity contribution >= 4 is 39.4 Å². The van der Waals surface area contributed by atoms with Gasteiger partial charge in [0.1, 0.15) is 17.7 Å². The zero-order chi connectivity index (χ0) is 36.1. The van der Waals surface area contributed by atoms with Gasteiger partial charge in [-0.3, -0.25) is 19.2 Å². The van der Waals surface area contributed by atoms with Gasteiger partial charge in [0.25, 0.3) is 5.91 Å². The minimum atomic E-state index is -3.69. The number of Topliss-reactive ketones (excluding diaryl/α,β-unsaturated/α-hetero) is 1. The van der Waals surface area contributed by atoms with Gasteiger partial charge in [-0.25, -0.2) is 13.2 Å². The predicted octanol–water partition coefficient (Wildman–Crippen LogP) is 3.55. The minimum Gasteiger partial charge on any atom is -0.444 e. The molecule has 270 valence electrons. The van der Waals surface area contributed by atoms with Gasteiger partial charge in [-0.05, 0) is 81.8 Å². The second kappa shape index (κ2) is 15.4. The zero-order valence-electron chi connectivity index (χ0n) is 29.3. The highest BCUT2D eigenvalue weighted by Gasteiger charge is 2.69. The molecule has 1 saturated heterocycles. The van der Waals surface area contributed by atoms with Crippen LogP contribution in [-0.2, 0) is 33.8 Å². The summed E-state index contributed by atoms with van der Waals surface area (Å²) in [5.41, 5.74) is -0.985. The third-order valence-electron chi connectivity index (χ3n) is 10.1. The molecule has 3 N–H and O–H groups in total.